The molecule has 0 aliphatic heterocycles. The first-order chi connectivity index (χ1) is 10.2. The van der Waals surface area contributed by atoms with Gasteiger partial charge in [-0.2, -0.15) is 0 Å². The third-order valence-electron chi connectivity index (χ3n) is 4.71. The van der Waals surface area contributed by atoms with Crippen LogP contribution in [0.3, 0.4) is 0 Å². The van der Waals surface area contributed by atoms with E-state index in [1.54, 1.807) is 14.2 Å². The van der Waals surface area contributed by atoms with E-state index in [0.29, 0.717) is 29.4 Å². The summed E-state index contributed by atoms with van der Waals surface area (Å²) in [7, 11) is 3.28. The number of rotatable bonds is 4. The Hall–Kier alpha value is -1.91. The van der Waals surface area contributed by atoms with Crippen LogP contribution in [0.4, 0.5) is 5.95 Å². The first-order valence-corrected chi connectivity index (χ1v) is 7.55. The fourth-order valence-corrected chi connectivity index (χ4v) is 3.52. The van der Waals surface area contributed by atoms with Crippen LogP contribution in [0.1, 0.15) is 38.6 Å². The maximum Gasteiger partial charge on any atom is 0.201 e. The number of fused-ring (bicyclic) bond motifs is 1. The second kappa shape index (κ2) is 5.47. The van der Waals surface area contributed by atoms with E-state index in [1.807, 2.05) is 12.1 Å². The van der Waals surface area contributed by atoms with Gasteiger partial charge in [-0.05, 0) is 25.7 Å². The number of nitrogen functional groups attached to an aromatic ring is 1. The number of hydrogen-bond donors (Lipinski definition) is 1. The van der Waals surface area contributed by atoms with Crippen molar-refractivity contribution in [2.24, 2.45) is 5.92 Å². The van der Waals surface area contributed by atoms with Crippen molar-refractivity contribution in [3.05, 3.63) is 12.1 Å². The van der Waals surface area contributed by atoms with Crippen molar-refractivity contribution < 1.29 is 9.47 Å². The molecule has 1 aliphatic rings. The molecule has 1 saturated carbocycles. The molecule has 1 aromatic carbocycles. The predicted molar refractivity (Wildman–Crippen MR) is 83.9 cm³/mol. The number of ether oxygens (including phenoxy) is 2. The molecular weight excluding hydrogens is 266 g/mol. The molecule has 21 heavy (non-hydrogen) atoms. The van der Waals surface area contributed by atoms with Gasteiger partial charge in [0.05, 0.1) is 25.3 Å². The highest BCUT2D eigenvalue weighted by molar-refractivity contribution is 5.82. The average Bonchev–Trinajstić information content (AvgIpc) is 3.11. The van der Waals surface area contributed by atoms with E-state index in [9.17, 15) is 0 Å². The van der Waals surface area contributed by atoms with Crippen molar-refractivity contribution in [3.63, 3.8) is 0 Å². The molecule has 1 aliphatic carbocycles. The molecule has 114 valence electrons. The summed E-state index contributed by atoms with van der Waals surface area (Å²) in [5, 5.41) is 0. The molecular formula is C16H23N3O2. The van der Waals surface area contributed by atoms with Gasteiger partial charge in [0.25, 0.3) is 0 Å². The van der Waals surface area contributed by atoms with E-state index < -0.39 is 0 Å². The lowest BCUT2D eigenvalue weighted by Gasteiger charge is -2.22. The van der Waals surface area contributed by atoms with Crippen LogP contribution >= 0.6 is 0 Å². The van der Waals surface area contributed by atoms with Gasteiger partial charge in [-0.3, -0.25) is 0 Å². The molecule has 5 nitrogen and oxygen atoms in total. The standard InChI is InChI=1S/C16H23N3O2/c1-10(11-6-4-5-7-11)19-13-9-15(21-3)14(20-2)8-12(13)18-16(19)17/h8-11H,4-7H2,1-3H3,(H2,17,18). The number of aromatic nitrogens is 2. The van der Waals surface area contributed by atoms with E-state index in [2.05, 4.69) is 16.5 Å². The van der Waals surface area contributed by atoms with Crippen molar-refractivity contribution in [1.82, 2.24) is 9.55 Å². The fourth-order valence-electron chi connectivity index (χ4n) is 3.52. The molecule has 1 atom stereocenters. The molecule has 0 saturated heterocycles. The van der Waals surface area contributed by atoms with Gasteiger partial charge in [0.1, 0.15) is 0 Å². The van der Waals surface area contributed by atoms with Crippen LogP contribution in [-0.4, -0.2) is 23.8 Å². The second-order valence-electron chi connectivity index (χ2n) is 5.82. The van der Waals surface area contributed by atoms with Gasteiger partial charge in [0.2, 0.25) is 5.95 Å². The summed E-state index contributed by atoms with van der Waals surface area (Å²) in [5.74, 6) is 2.64. The van der Waals surface area contributed by atoms with Crippen molar-refractivity contribution >= 4 is 17.0 Å². The number of hydrogen-bond acceptors (Lipinski definition) is 4. The predicted octanol–water partition coefficient (Wildman–Crippen LogP) is 3.39. The lowest BCUT2D eigenvalue weighted by atomic mass is 9.99. The van der Waals surface area contributed by atoms with Crippen LogP contribution in [0, 0.1) is 5.92 Å². The Kier molecular flexibility index (Phi) is 3.66. The minimum atomic E-state index is 0.357. The van der Waals surface area contributed by atoms with E-state index in [1.165, 1.54) is 25.7 Å². The van der Waals surface area contributed by atoms with Gasteiger partial charge in [-0.25, -0.2) is 4.98 Å². The number of methoxy groups -OCH3 is 2. The number of benzene rings is 1. The summed E-state index contributed by atoms with van der Waals surface area (Å²) < 4.78 is 12.9. The number of nitrogens with zero attached hydrogens (tertiary/aromatic N) is 2. The van der Waals surface area contributed by atoms with Gasteiger partial charge in [-0.15, -0.1) is 0 Å². The Bertz CT molecular complexity index is 644. The SMILES string of the molecule is COc1cc2nc(N)n(C(C)C3CCCC3)c2cc1OC. The van der Waals surface area contributed by atoms with Gasteiger partial charge in [-0.1, -0.05) is 12.8 Å². The van der Waals surface area contributed by atoms with E-state index in [-0.39, 0.29) is 0 Å². The summed E-state index contributed by atoms with van der Waals surface area (Å²) in [6.07, 6.45) is 5.18. The number of imidazole rings is 1. The van der Waals surface area contributed by atoms with Crippen LogP contribution in [-0.2, 0) is 0 Å². The minimum absolute atomic E-state index is 0.357. The molecule has 1 unspecified atom stereocenters. The summed E-state index contributed by atoms with van der Waals surface area (Å²) in [6, 6.07) is 4.22. The zero-order chi connectivity index (χ0) is 15.0. The van der Waals surface area contributed by atoms with E-state index >= 15 is 0 Å². The average molecular weight is 289 g/mol. The van der Waals surface area contributed by atoms with Crippen LogP contribution in [0.15, 0.2) is 12.1 Å². The first kappa shape index (κ1) is 14.0. The quantitative estimate of drug-likeness (QED) is 0.937. The first-order valence-electron chi connectivity index (χ1n) is 7.55. The molecule has 2 aromatic rings. The molecule has 1 aromatic heterocycles. The Labute approximate surface area is 125 Å². The maximum absolute atomic E-state index is 6.18. The van der Waals surface area contributed by atoms with Crippen molar-refractivity contribution in [1.29, 1.82) is 0 Å². The Morgan fingerprint density at radius 1 is 1.19 bits per heavy atom. The zero-order valence-electron chi connectivity index (χ0n) is 12.9. The topological polar surface area (TPSA) is 62.3 Å². The highest BCUT2D eigenvalue weighted by atomic mass is 16.5. The third kappa shape index (κ3) is 2.30. The van der Waals surface area contributed by atoms with Gasteiger partial charge < -0.3 is 19.8 Å². The van der Waals surface area contributed by atoms with Gasteiger partial charge >= 0.3 is 0 Å². The normalized spacial score (nSPS) is 17.3. The summed E-state index contributed by atoms with van der Waals surface area (Å²) in [6.45, 7) is 2.24. The molecule has 0 amide bonds. The monoisotopic (exact) mass is 289 g/mol. The number of nitrogens with two attached hydrogens (primary N) is 1. The zero-order valence-corrected chi connectivity index (χ0v) is 12.9. The second-order valence-corrected chi connectivity index (χ2v) is 5.82. The van der Waals surface area contributed by atoms with E-state index in [4.69, 9.17) is 15.2 Å². The van der Waals surface area contributed by atoms with Gasteiger partial charge in [0.15, 0.2) is 11.5 Å². The largest absolute Gasteiger partial charge is 0.493 e. The highest BCUT2D eigenvalue weighted by Crippen LogP contribution is 2.39. The highest BCUT2D eigenvalue weighted by Gasteiger charge is 2.26. The molecule has 5 heteroatoms. The molecule has 3 rings (SSSR count). The number of anilines is 1. The Balaban J connectivity index is 2.11. The molecule has 2 N–H and O–H groups in total. The summed E-state index contributed by atoms with van der Waals surface area (Å²) in [4.78, 5) is 4.49. The molecule has 0 bridgehead atoms. The summed E-state index contributed by atoms with van der Waals surface area (Å²) in [5.41, 5.74) is 8.05. The maximum atomic E-state index is 6.18. The van der Waals surface area contributed by atoms with Gasteiger partial charge in [0, 0.05) is 18.2 Å². The van der Waals surface area contributed by atoms with Crippen molar-refractivity contribution in [2.45, 2.75) is 38.6 Å². The summed E-state index contributed by atoms with van der Waals surface area (Å²) >= 11 is 0. The fraction of sp³-hybridized carbons (Fsp3) is 0.562. The Morgan fingerprint density at radius 2 is 1.81 bits per heavy atom. The van der Waals surface area contributed by atoms with Crippen LogP contribution in [0.25, 0.3) is 11.0 Å². The van der Waals surface area contributed by atoms with Crippen LogP contribution in [0.5, 0.6) is 11.5 Å². The van der Waals surface area contributed by atoms with E-state index in [0.717, 1.165) is 11.0 Å². The molecule has 1 fully saturated rings. The third-order valence-corrected chi connectivity index (χ3v) is 4.71. The van der Waals surface area contributed by atoms with Crippen LogP contribution in [0.2, 0.25) is 0 Å². The molecule has 0 radical (unpaired) electrons. The van der Waals surface area contributed by atoms with Crippen molar-refractivity contribution in [3.8, 4) is 11.5 Å². The lowest BCUT2D eigenvalue weighted by Crippen LogP contribution is -2.16. The van der Waals surface area contributed by atoms with Crippen LogP contribution < -0.4 is 15.2 Å². The smallest absolute Gasteiger partial charge is 0.201 e. The van der Waals surface area contributed by atoms with Crippen molar-refractivity contribution in [2.75, 3.05) is 20.0 Å². The molecule has 1 heterocycles. The minimum Gasteiger partial charge on any atom is -0.493 e. The lowest BCUT2D eigenvalue weighted by molar-refractivity contribution is 0.354. The molecule has 0 spiro atoms. The Morgan fingerprint density at radius 3 is 2.43 bits per heavy atom.